The zero-order valence-corrected chi connectivity index (χ0v) is 16.1. The fourth-order valence-electron chi connectivity index (χ4n) is 3.02. The quantitative estimate of drug-likeness (QED) is 0.861. The van der Waals surface area contributed by atoms with E-state index in [1.807, 2.05) is 37.3 Å². The summed E-state index contributed by atoms with van der Waals surface area (Å²) >= 11 is 6.28. The van der Waals surface area contributed by atoms with E-state index in [0.29, 0.717) is 24.2 Å². The molecule has 1 unspecified atom stereocenters. The number of hydrogen-bond acceptors (Lipinski definition) is 3. The van der Waals surface area contributed by atoms with Gasteiger partial charge in [0.05, 0.1) is 28.1 Å². The van der Waals surface area contributed by atoms with Crippen LogP contribution in [0.25, 0.3) is 0 Å². The first kappa shape index (κ1) is 18.7. The van der Waals surface area contributed by atoms with E-state index >= 15 is 0 Å². The summed E-state index contributed by atoms with van der Waals surface area (Å²) in [5, 5.41) is 3.15. The van der Waals surface area contributed by atoms with Crippen LogP contribution in [0.5, 0.6) is 0 Å². The third kappa shape index (κ3) is 4.02. The highest BCUT2D eigenvalue weighted by Crippen LogP contribution is 2.28. The number of anilines is 1. The summed E-state index contributed by atoms with van der Waals surface area (Å²) in [7, 11) is -3.31. The van der Waals surface area contributed by atoms with Crippen LogP contribution in [0.2, 0.25) is 5.02 Å². The molecule has 1 heterocycles. The molecule has 7 heteroatoms. The van der Waals surface area contributed by atoms with Crippen LogP contribution < -0.4 is 9.62 Å². The molecule has 0 bridgehead atoms. The molecule has 0 radical (unpaired) electrons. The van der Waals surface area contributed by atoms with Crippen LogP contribution in [-0.2, 0) is 10.0 Å². The van der Waals surface area contributed by atoms with E-state index < -0.39 is 10.0 Å². The SMILES string of the molecule is CC(NC(=O)c1ccc(N2CCCCS2(=O)=O)cc1Cl)c1ccccc1. The summed E-state index contributed by atoms with van der Waals surface area (Å²) in [5.74, 6) is -0.152. The predicted molar refractivity (Wildman–Crippen MR) is 104 cm³/mol. The Morgan fingerprint density at radius 2 is 1.88 bits per heavy atom. The summed E-state index contributed by atoms with van der Waals surface area (Å²) < 4.78 is 25.8. The van der Waals surface area contributed by atoms with Gasteiger partial charge in [0.2, 0.25) is 10.0 Å². The Morgan fingerprint density at radius 3 is 2.54 bits per heavy atom. The third-order valence-electron chi connectivity index (χ3n) is 4.48. The Labute approximate surface area is 159 Å². The van der Waals surface area contributed by atoms with Crippen molar-refractivity contribution in [3.05, 3.63) is 64.7 Å². The van der Waals surface area contributed by atoms with E-state index in [1.54, 1.807) is 18.2 Å². The van der Waals surface area contributed by atoms with Crippen LogP contribution in [0.1, 0.15) is 41.7 Å². The minimum absolute atomic E-state index is 0.140. The Kier molecular flexibility index (Phi) is 5.53. The molecule has 1 aliphatic heterocycles. The highest BCUT2D eigenvalue weighted by atomic mass is 35.5. The van der Waals surface area contributed by atoms with Crippen molar-refractivity contribution in [2.24, 2.45) is 0 Å². The van der Waals surface area contributed by atoms with Crippen LogP contribution in [0, 0.1) is 0 Å². The second kappa shape index (κ2) is 7.68. The van der Waals surface area contributed by atoms with Crippen molar-refractivity contribution in [1.82, 2.24) is 5.32 Å². The van der Waals surface area contributed by atoms with E-state index in [4.69, 9.17) is 11.6 Å². The van der Waals surface area contributed by atoms with Crippen molar-refractivity contribution in [3.8, 4) is 0 Å². The molecule has 1 N–H and O–H groups in total. The lowest BCUT2D eigenvalue weighted by atomic mass is 10.1. The van der Waals surface area contributed by atoms with Crippen LogP contribution in [-0.4, -0.2) is 26.6 Å². The Balaban J connectivity index is 1.78. The van der Waals surface area contributed by atoms with Gasteiger partial charge in [-0.15, -0.1) is 0 Å². The Bertz CT molecular complexity index is 900. The van der Waals surface area contributed by atoms with E-state index in [9.17, 15) is 13.2 Å². The first-order valence-electron chi connectivity index (χ1n) is 8.54. The van der Waals surface area contributed by atoms with Gasteiger partial charge in [-0.05, 0) is 43.5 Å². The van der Waals surface area contributed by atoms with Gasteiger partial charge in [-0.1, -0.05) is 41.9 Å². The van der Waals surface area contributed by atoms with E-state index in [0.717, 1.165) is 12.0 Å². The maximum atomic E-state index is 12.5. The molecule has 3 rings (SSSR count). The van der Waals surface area contributed by atoms with Crippen molar-refractivity contribution < 1.29 is 13.2 Å². The molecule has 2 aromatic rings. The lowest BCUT2D eigenvalue weighted by molar-refractivity contribution is 0.0940. The number of amides is 1. The number of rotatable bonds is 4. The zero-order chi connectivity index (χ0) is 18.7. The monoisotopic (exact) mass is 392 g/mol. The summed E-state index contributed by atoms with van der Waals surface area (Å²) in [5.41, 5.74) is 1.82. The van der Waals surface area contributed by atoms with E-state index in [1.165, 1.54) is 4.31 Å². The fraction of sp³-hybridized carbons (Fsp3) is 0.316. The average Bonchev–Trinajstić information content (AvgIpc) is 2.61. The van der Waals surface area contributed by atoms with Gasteiger partial charge < -0.3 is 5.32 Å². The number of nitrogens with zero attached hydrogens (tertiary/aromatic N) is 1. The minimum Gasteiger partial charge on any atom is -0.345 e. The number of hydrogen-bond donors (Lipinski definition) is 1. The number of nitrogens with one attached hydrogen (secondary N) is 1. The maximum absolute atomic E-state index is 12.5. The molecule has 1 fully saturated rings. The van der Waals surface area contributed by atoms with Crippen molar-refractivity contribution in [2.75, 3.05) is 16.6 Å². The molecule has 1 amide bonds. The third-order valence-corrected chi connectivity index (χ3v) is 6.66. The molecular weight excluding hydrogens is 372 g/mol. The second-order valence-electron chi connectivity index (χ2n) is 6.37. The van der Waals surface area contributed by atoms with Crippen LogP contribution in [0.15, 0.2) is 48.5 Å². The molecule has 1 atom stereocenters. The largest absolute Gasteiger partial charge is 0.345 e. The first-order valence-corrected chi connectivity index (χ1v) is 10.5. The summed E-state index contributed by atoms with van der Waals surface area (Å²) in [6.45, 7) is 2.34. The fourth-order valence-corrected chi connectivity index (χ4v) is 4.91. The molecule has 0 aromatic heterocycles. The van der Waals surface area contributed by atoms with Gasteiger partial charge in [0, 0.05) is 6.54 Å². The van der Waals surface area contributed by atoms with Crippen LogP contribution in [0.3, 0.4) is 0 Å². The number of sulfonamides is 1. The van der Waals surface area contributed by atoms with Gasteiger partial charge in [0.25, 0.3) is 5.91 Å². The van der Waals surface area contributed by atoms with Gasteiger partial charge in [-0.3, -0.25) is 9.10 Å². The Morgan fingerprint density at radius 1 is 1.15 bits per heavy atom. The maximum Gasteiger partial charge on any atom is 0.253 e. The lowest BCUT2D eigenvalue weighted by Crippen LogP contribution is -2.37. The molecule has 0 spiro atoms. The highest BCUT2D eigenvalue weighted by Gasteiger charge is 2.27. The molecule has 26 heavy (non-hydrogen) atoms. The number of benzene rings is 2. The summed E-state index contributed by atoms with van der Waals surface area (Å²) in [6.07, 6.45) is 1.48. The standard InChI is InChI=1S/C19H21ClN2O3S/c1-14(15-7-3-2-4-8-15)21-19(23)17-10-9-16(13-18(17)20)22-11-5-6-12-26(22,24)25/h2-4,7-10,13-14H,5-6,11-12H2,1H3,(H,21,23). The summed E-state index contributed by atoms with van der Waals surface area (Å²) in [6, 6.07) is 14.2. The first-order chi connectivity index (χ1) is 12.4. The average molecular weight is 393 g/mol. The van der Waals surface area contributed by atoms with Gasteiger partial charge in [0.15, 0.2) is 0 Å². The molecule has 0 aliphatic carbocycles. The minimum atomic E-state index is -3.31. The smallest absolute Gasteiger partial charge is 0.253 e. The van der Waals surface area contributed by atoms with E-state index in [2.05, 4.69) is 5.32 Å². The van der Waals surface area contributed by atoms with Crippen molar-refractivity contribution >= 4 is 33.2 Å². The van der Waals surface area contributed by atoms with E-state index in [-0.39, 0.29) is 22.7 Å². The molecular formula is C19H21ClN2O3S. The van der Waals surface area contributed by atoms with Crippen LogP contribution >= 0.6 is 11.6 Å². The van der Waals surface area contributed by atoms with Crippen LogP contribution in [0.4, 0.5) is 5.69 Å². The van der Waals surface area contributed by atoms with Gasteiger partial charge in [0.1, 0.15) is 0 Å². The number of carbonyl (C=O) groups excluding carboxylic acids is 1. The highest BCUT2D eigenvalue weighted by molar-refractivity contribution is 7.92. The molecule has 2 aromatic carbocycles. The van der Waals surface area contributed by atoms with Gasteiger partial charge >= 0.3 is 0 Å². The molecule has 1 saturated heterocycles. The van der Waals surface area contributed by atoms with Crippen molar-refractivity contribution in [3.63, 3.8) is 0 Å². The molecule has 1 aliphatic rings. The number of carbonyl (C=O) groups is 1. The molecule has 5 nitrogen and oxygen atoms in total. The summed E-state index contributed by atoms with van der Waals surface area (Å²) in [4.78, 5) is 12.5. The topological polar surface area (TPSA) is 66.5 Å². The van der Waals surface area contributed by atoms with Gasteiger partial charge in [-0.25, -0.2) is 8.42 Å². The van der Waals surface area contributed by atoms with Crippen molar-refractivity contribution in [1.29, 1.82) is 0 Å². The molecule has 138 valence electrons. The second-order valence-corrected chi connectivity index (χ2v) is 8.79. The zero-order valence-electron chi connectivity index (χ0n) is 14.5. The Hall–Kier alpha value is -2.05. The predicted octanol–water partition coefficient (Wildman–Crippen LogP) is 3.76. The normalized spacial score (nSPS) is 17.5. The van der Waals surface area contributed by atoms with Crippen molar-refractivity contribution in [2.45, 2.75) is 25.8 Å². The lowest BCUT2D eigenvalue weighted by Gasteiger charge is -2.28. The molecule has 0 saturated carbocycles. The van der Waals surface area contributed by atoms with Gasteiger partial charge in [-0.2, -0.15) is 0 Å². The number of halogens is 1.